The summed E-state index contributed by atoms with van der Waals surface area (Å²) in [6.45, 7) is 8.81. The predicted molar refractivity (Wildman–Crippen MR) is 67.2 cm³/mol. The summed E-state index contributed by atoms with van der Waals surface area (Å²) in [5.74, 6) is -0.506. The average molecular weight is 265 g/mol. The lowest BCUT2D eigenvalue weighted by Crippen LogP contribution is -2.45. The molecule has 0 amide bonds. The van der Waals surface area contributed by atoms with E-state index in [1.807, 2.05) is 6.92 Å². The normalized spacial score (nSPS) is 12.8. The number of sulfonamides is 1. The van der Waals surface area contributed by atoms with Gasteiger partial charge in [0.05, 0.1) is 11.4 Å². The molecule has 0 fully saturated rings. The minimum absolute atomic E-state index is 0.207. The first-order valence-corrected chi connectivity index (χ1v) is 7.26. The molecule has 0 atom stereocenters. The molecule has 17 heavy (non-hydrogen) atoms. The van der Waals surface area contributed by atoms with E-state index in [9.17, 15) is 13.2 Å². The van der Waals surface area contributed by atoms with Crippen LogP contribution in [0.5, 0.6) is 0 Å². The summed E-state index contributed by atoms with van der Waals surface area (Å²) >= 11 is 0. The second-order valence-electron chi connectivity index (χ2n) is 4.76. The van der Waals surface area contributed by atoms with Crippen molar-refractivity contribution >= 4 is 16.0 Å². The van der Waals surface area contributed by atoms with Gasteiger partial charge >= 0.3 is 5.97 Å². The maximum atomic E-state index is 12.2. The zero-order valence-electron chi connectivity index (χ0n) is 11.3. The van der Waals surface area contributed by atoms with Gasteiger partial charge < -0.3 is 4.74 Å². The van der Waals surface area contributed by atoms with E-state index >= 15 is 0 Å². The fraction of sp³-hybridized carbons (Fsp3) is 0.909. The van der Waals surface area contributed by atoms with E-state index in [4.69, 9.17) is 4.74 Å². The quantitative estimate of drug-likeness (QED) is 0.681. The highest BCUT2D eigenvalue weighted by atomic mass is 32.2. The average Bonchev–Trinajstić information content (AvgIpc) is 2.15. The number of rotatable bonds is 6. The minimum atomic E-state index is -3.48. The first kappa shape index (κ1) is 16.4. The van der Waals surface area contributed by atoms with Crippen LogP contribution in [0.15, 0.2) is 0 Å². The second-order valence-corrected chi connectivity index (χ2v) is 7.45. The van der Waals surface area contributed by atoms with E-state index in [0.29, 0.717) is 13.0 Å². The molecule has 0 aliphatic heterocycles. The van der Waals surface area contributed by atoms with Crippen LogP contribution in [-0.4, -0.2) is 43.1 Å². The number of esters is 1. The molecule has 0 spiro atoms. The Kier molecular flexibility index (Phi) is 6.12. The van der Waals surface area contributed by atoms with E-state index in [-0.39, 0.29) is 13.2 Å². The SMILES string of the molecule is CCCN(CC(=O)OCC)S(=O)(=O)C(C)(C)C. The molecule has 0 unspecified atom stereocenters. The zero-order chi connectivity index (χ0) is 13.7. The molecule has 0 radical (unpaired) electrons. The van der Waals surface area contributed by atoms with Crippen molar-refractivity contribution in [2.24, 2.45) is 0 Å². The lowest BCUT2D eigenvalue weighted by atomic mass is 10.3. The molecule has 102 valence electrons. The van der Waals surface area contributed by atoms with Crippen molar-refractivity contribution in [3.63, 3.8) is 0 Å². The van der Waals surface area contributed by atoms with E-state index in [2.05, 4.69) is 0 Å². The van der Waals surface area contributed by atoms with Crippen molar-refractivity contribution in [1.82, 2.24) is 4.31 Å². The van der Waals surface area contributed by atoms with Gasteiger partial charge in [-0.25, -0.2) is 8.42 Å². The molecule has 5 nitrogen and oxygen atoms in total. The highest BCUT2D eigenvalue weighted by molar-refractivity contribution is 7.90. The molecule has 0 aromatic heterocycles. The van der Waals surface area contributed by atoms with Gasteiger partial charge in [-0.1, -0.05) is 6.92 Å². The topological polar surface area (TPSA) is 63.7 Å². The van der Waals surface area contributed by atoms with E-state index < -0.39 is 20.7 Å². The van der Waals surface area contributed by atoms with Gasteiger partial charge in [-0.05, 0) is 34.1 Å². The molecule has 0 rings (SSSR count). The lowest BCUT2D eigenvalue weighted by Gasteiger charge is -2.28. The summed E-state index contributed by atoms with van der Waals surface area (Å²) in [4.78, 5) is 11.4. The lowest BCUT2D eigenvalue weighted by molar-refractivity contribution is -0.143. The fourth-order valence-electron chi connectivity index (χ4n) is 1.27. The Morgan fingerprint density at radius 3 is 2.12 bits per heavy atom. The Balaban J connectivity index is 4.93. The Morgan fingerprint density at radius 1 is 1.24 bits per heavy atom. The molecule has 0 aliphatic rings. The Labute approximate surface area is 104 Å². The number of nitrogens with zero attached hydrogens (tertiary/aromatic N) is 1. The van der Waals surface area contributed by atoms with Crippen molar-refractivity contribution in [2.45, 2.75) is 45.8 Å². The summed E-state index contributed by atoms with van der Waals surface area (Å²) in [7, 11) is -3.48. The smallest absolute Gasteiger partial charge is 0.321 e. The molecular weight excluding hydrogens is 242 g/mol. The molecule has 0 bridgehead atoms. The van der Waals surface area contributed by atoms with Crippen LogP contribution in [0.3, 0.4) is 0 Å². The van der Waals surface area contributed by atoms with Gasteiger partial charge in [0.2, 0.25) is 10.0 Å². The molecule has 0 heterocycles. The van der Waals surface area contributed by atoms with E-state index in [0.717, 1.165) is 0 Å². The van der Waals surface area contributed by atoms with Gasteiger partial charge in [0.1, 0.15) is 6.54 Å². The first-order valence-electron chi connectivity index (χ1n) is 5.82. The van der Waals surface area contributed by atoms with Crippen molar-refractivity contribution in [2.75, 3.05) is 19.7 Å². The molecule has 0 saturated heterocycles. The Hall–Kier alpha value is -0.620. The van der Waals surface area contributed by atoms with Gasteiger partial charge in [0.25, 0.3) is 0 Å². The van der Waals surface area contributed by atoms with E-state index in [1.165, 1.54) is 4.31 Å². The van der Waals surface area contributed by atoms with Crippen LogP contribution in [0.4, 0.5) is 0 Å². The summed E-state index contributed by atoms with van der Waals surface area (Å²) in [6.07, 6.45) is 0.661. The molecule has 6 heteroatoms. The monoisotopic (exact) mass is 265 g/mol. The van der Waals surface area contributed by atoms with Crippen molar-refractivity contribution in [1.29, 1.82) is 0 Å². The van der Waals surface area contributed by atoms with Crippen molar-refractivity contribution in [3.8, 4) is 0 Å². The molecule has 0 aromatic rings. The highest BCUT2D eigenvalue weighted by Gasteiger charge is 2.35. The van der Waals surface area contributed by atoms with Crippen LogP contribution in [0.1, 0.15) is 41.0 Å². The summed E-state index contributed by atoms with van der Waals surface area (Å²) < 4.78 is 29.5. The maximum Gasteiger partial charge on any atom is 0.321 e. The van der Waals surface area contributed by atoms with Crippen LogP contribution in [0.25, 0.3) is 0 Å². The van der Waals surface area contributed by atoms with Crippen LogP contribution in [0.2, 0.25) is 0 Å². The van der Waals surface area contributed by atoms with Crippen LogP contribution < -0.4 is 0 Å². The number of ether oxygens (including phenoxy) is 1. The largest absolute Gasteiger partial charge is 0.465 e. The third-order valence-electron chi connectivity index (χ3n) is 2.20. The number of hydrogen-bond acceptors (Lipinski definition) is 4. The second kappa shape index (κ2) is 6.35. The van der Waals surface area contributed by atoms with Crippen LogP contribution in [0, 0.1) is 0 Å². The van der Waals surface area contributed by atoms with E-state index in [1.54, 1.807) is 27.7 Å². The van der Waals surface area contributed by atoms with Gasteiger partial charge in [-0.3, -0.25) is 4.79 Å². The number of hydrogen-bond donors (Lipinski definition) is 0. The minimum Gasteiger partial charge on any atom is -0.465 e. The number of carbonyl (C=O) groups is 1. The van der Waals surface area contributed by atoms with Crippen LogP contribution in [-0.2, 0) is 19.6 Å². The molecule has 0 N–H and O–H groups in total. The molecular formula is C11H23NO4S. The zero-order valence-corrected chi connectivity index (χ0v) is 12.1. The van der Waals surface area contributed by atoms with Crippen molar-refractivity contribution < 1.29 is 17.9 Å². The van der Waals surface area contributed by atoms with Gasteiger partial charge in [0.15, 0.2) is 0 Å². The standard InChI is InChI=1S/C11H23NO4S/c1-6-8-12(9-10(13)16-7-2)17(14,15)11(3,4)5/h6-9H2,1-5H3. The third kappa shape index (κ3) is 4.63. The van der Waals surface area contributed by atoms with Crippen molar-refractivity contribution in [3.05, 3.63) is 0 Å². The summed E-state index contributed by atoms with van der Waals surface area (Å²) in [5, 5.41) is 0. The predicted octanol–water partition coefficient (Wildman–Crippen LogP) is 1.39. The first-order chi connectivity index (χ1) is 7.66. The van der Waals surface area contributed by atoms with Gasteiger partial charge in [0, 0.05) is 6.54 Å². The summed E-state index contributed by atoms with van der Waals surface area (Å²) in [5.41, 5.74) is 0. The third-order valence-corrected chi connectivity index (χ3v) is 4.74. The van der Waals surface area contributed by atoms with Gasteiger partial charge in [-0.2, -0.15) is 4.31 Å². The van der Waals surface area contributed by atoms with Crippen LogP contribution >= 0.6 is 0 Å². The molecule has 0 aromatic carbocycles. The highest BCUT2D eigenvalue weighted by Crippen LogP contribution is 2.20. The van der Waals surface area contributed by atoms with Gasteiger partial charge in [-0.15, -0.1) is 0 Å². The molecule has 0 saturated carbocycles. The molecule has 0 aliphatic carbocycles. The summed E-state index contributed by atoms with van der Waals surface area (Å²) in [6, 6.07) is 0. The maximum absolute atomic E-state index is 12.2. The number of carbonyl (C=O) groups excluding carboxylic acids is 1. The Morgan fingerprint density at radius 2 is 1.76 bits per heavy atom. The Bertz CT molecular complexity index is 343. The fourth-order valence-corrected chi connectivity index (χ4v) is 2.74.